The summed E-state index contributed by atoms with van der Waals surface area (Å²) in [6, 6.07) is 12.5. The van der Waals surface area contributed by atoms with E-state index in [1.807, 2.05) is 24.3 Å². The second-order valence-electron chi connectivity index (χ2n) is 3.98. The van der Waals surface area contributed by atoms with Gasteiger partial charge in [0.05, 0.1) is 0 Å². The van der Waals surface area contributed by atoms with E-state index in [0.29, 0.717) is 18.7 Å². The monoisotopic (exact) mass is 309 g/mol. The number of rotatable bonds is 4. The predicted octanol–water partition coefficient (Wildman–Crippen LogP) is 3.58. The highest BCUT2D eigenvalue weighted by Gasteiger charge is 2.05. The molecule has 0 heterocycles. The molecule has 0 saturated heterocycles. The van der Waals surface area contributed by atoms with E-state index in [-0.39, 0.29) is 5.75 Å². The summed E-state index contributed by atoms with van der Waals surface area (Å²) in [6.07, 6.45) is 0. The topological polar surface area (TPSA) is 32.3 Å². The summed E-state index contributed by atoms with van der Waals surface area (Å²) in [5.41, 5.74) is 1.69. The number of phenolic OH excluding ortho intramolecular Hbond substituents is 1. The summed E-state index contributed by atoms with van der Waals surface area (Å²) in [7, 11) is 0. The number of aromatic hydroxyl groups is 1. The lowest BCUT2D eigenvalue weighted by Crippen LogP contribution is -2.12. The lowest BCUT2D eigenvalue weighted by atomic mass is 10.2. The summed E-state index contributed by atoms with van der Waals surface area (Å²) in [4.78, 5) is 0. The van der Waals surface area contributed by atoms with E-state index < -0.39 is 5.82 Å². The molecule has 0 atom stereocenters. The quantitative estimate of drug-likeness (QED) is 0.904. The molecule has 2 rings (SSSR count). The van der Waals surface area contributed by atoms with Crippen LogP contribution >= 0.6 is 15.9 Å². The van der Waals surface area contributed by atoms with Crippen molar-refractivity contribution in [2.75, 3.05) is 0 Å². The number of hydrogen-bond donors (Lipinski definition) is 2. The van der Waals surface area contributed by atoms with Crippen LogP contribution in [0.1, 0.15) is 11.1 Å². The summed E-state index contributed by atoms with van der Waals surface area (Å²) in [5.74, 6) is -0.865. The summed E-state index contributed by atoms with van der Waals surface area (Å²) < 4.78 is 14.1. The van der Waals surface area contributed by atoms with E-state index in [1.54, 1.807) is 12.1 Å². The Bertz CT molecular complexity index is 545. The van der Waals surface area contributed by atoms with Crippen LogP contribution < -0.4 is 5.32 Å². The number of halogens is 2. The van der Waals surface area contributed by atoms with Gasteiger partial charge in [0.15, 0.2) is 11.6 Å². The first kappa shape index (κ1) is 13.1. The zero-order valence-electron chi connectivity index (χ0n) is 9.66. The molecule has 4 heteroatoms. The standard InChI is InChI=1S/C14H13BrFNO/c15-12-5-1-3-10(7-12)8-17-9-11-4-2-6-13(16)14(11)18/h1-7,17-18H,8-9H2. The molecule has 2 aromatic rings. The SMILES string of the molecule is Oc1c(F)cccc1CNCc1cccc(Br)c1. The van der Waals surface area contributed by atoms with Gasteiger partial charge in [-0.05, 0) is 23.8 Å². The number of phenols is 1. The molecule has 0 saturated carbocycles. The molecule has 0 spiro atoms. The third-order valence-corrected chi connectivity index (χ3v) is 3.10. The fourth-order valence-electron chi connectivity index (χ4n) is 1.69. The Balaban J connectivity index is 1.94. The highest BCUT2D eigenvalue weighted by molar-refractivity contribution is 9.10. The van der Waals surface area contributed by atoms with Crippen LogP contribution in [0.2, 0.25) is 0 Å². The zero-order chi connectivity index (χ0) is 13.0. The van der Waals surface area contributed by atoms with Gasteiger partial charge in [0.25, 0.3) is 0 Å². The maximum absolute atomic E-state index is 13.1. The van der Waals surface area contributed by atoms with Crippen molar-refractivity contribution >= 4 is 15.9 Å². The number of hydrogen-bond acceptors (Lipinski definition) is 2. The minimum Gasteiger partial charge on any atom is -0.505 e. The normalized spacial score (nSPS) is 10.6. The van der Waals surface area contributed by atoms with Gasteiger partial charge < -0.3 is 10.4 Å². The number of benzene rings is 2. The first-order chi connectivity index (χ1) is 8.66. The molecule has 0 aliphatic heterocycles. The van der Waals surface area contributed by atoms with E-state index in [4.69, 9.17) is 0 Å². The Kier molecular flexibility index (Phi) is 4.33. The maximum Gasteiger partial charge on any atom is 0.165 e. The van der Waals surface area contributed by atoms with Crippen molar-refractivity contribution in [3.63, 3.8) is 0 Å². The molecule has 0 aromatic heterocycles. The molecular weight excluding hydrogens is 297 g/mol. The van der Waals surface area contributed by atoms with E-state index in [9.17, 15) is 9.50 Å². The Hall–Kier alpha value is -1.39. The molecule has 0 radical (unpaired) electrons. The first-order valence-electron chi connectivity index (χ1n) is 5.58. The van der Waals surface area contributed by atoms with Gasteiger partial charge in [-0.15, -0.1) is 0 Å². The first-order valence-corrected chi connectivity index (χ1v) is 6.37. The summed E-state index contributed by atoms with van der Waals surface area (Å²) in [6.45, 7) is 1.09. The van der Waals surface area contributed by atoms with Crippen molar-refractivity contribution in [1.29, 1.82) is 0 Å². The molecule has 18 heavy (non-hydrogen) atoms. The van der Waals surface area contributed by atoms with Gasteiger partial charge in [-0.3, -0.25) is 0 Å². The lowest BCUT2D eigenvalue weighted by molar-refractivity contribution is 0.423. The molecule has 0 aliphatic rings. The minimum absolute atomic E-state index is 0.278. The average molecular weight is 310 g/mol. The van der Waals surface area contributed by atoms with E-state index >= 15 is 0 Å². The summed E-state index contributed by atoms with van der Waals surface area (Å²) in [5, 5.41) is 12.7. The van der Waals surface area contributed by atoms with Crippen LogP contribution in [0.3, 0.4) is 0 Å². The molecule has 0 fully saturated rings. The molecule has 0 aliphatic carbocycles. The Labute approximate surface area is 114 Å². The summed E-state index contributed by atoms with van der Waals surface area (Å²) >= 11 is 3.40. The van der Waals surface area contributed by atoms with Crippen LogP contribution in [0.4, 0.5) is 4.39 Å². The molecular formula is C14H13BrFNO. The molecule has 2 aromatic carbocycles. The van der Waals surface area contributed by atoms with E-state index in [1.165, 1.54) is 6.07 Å². The number of nitrogens with one attached hydrogen (secondary N) is 1. The van der Waals surface area contributed by atoms with Crippen LogP contribution in [0.25, 0.3) is 0 Å². The van der Waals surface area contributed by atoms with Crippen molar-refractivity contribution in [2.24, 2.45) is 0 Å². The van der Waals surface area contributed by atoms with Crippen LogP contribution in [0.15, 0.2) is 46.9 Å². The second kappa shape index (κ2) is 5.98. The molecule has 94 valence electrons. The highest BCUT2D eigenvalue weighted by Crippen LogP contribution is 2.20. The highest BCUT2D eigenvalue weighted by atomic mass is 79.9. The molecule has 2 nitrogen and oxygen atoms in total. The molecule has 0 unspecified atom stereocenters. The second-order valence-corrected chi connectivity index (χ2v) is 4.90. The van der Waals surface area contributed by atoms with Gasteiger partial charge in [-0.25, -0.2) is 4.39 Å². The Morgan fingerprint density at radius 2 is 1.89 bits per heavy atom. The molecule has 2 N–H and O–H groups in total. The van der Waals surface area contributed by atoms with E-state index in [2.05, 4.69) is 21.2 Å². The molecule has 0 bridgehead atoms. The van der Waals surface area contributed by atoms with Gasteiger partial charge in [-0.1, -0.05) is 40.2 Å². The molecule has 0 amide bonds. The Morgan fingerprint density at radius 3 is 2.67 bits per heavy atom. The maximum atomic E-state index is 13.1. The predicted molar refractivity (Wildman–Crippen MR) is 72.8 cm³/mol. The van der Waals surface area contributed by atoms with Gasteiger partial charge in [0, 0.05) is 23.1 Å². The lowest BCUT2D eigenvalue weighted by Gasteiger charge is -2.07. The average Bonchev–Trinajstić information content (AvgIpc) is 2.35. The van der Waals surface area contributed by atoms with Crippen LogP contribution in [-0.4, -0.2) is 5.11 Å². The van der Waals surface area contributed by atoms with Crippen LogP contribution in [0.5, 0.6) is 5.75 Å². The van der Waals surface area contributed by atoms with Crippen molar-refractivity contribution in [3.8, 4) is 5.75 Å². The third-order valence-electron chi connectivity index (χ3n) is 2.60. The van der Waals surface area contributed by atoms with E-state index in [0.717, 1.165) is 10.0 Å². The van der Waals surface area contributed by atoms with Crippen LogP contribution in [0, 0.1) is 5.82 Å². The zero-order valence-corrected chi connectivity index (χ0v) is 11.2. The van der Waals surface area contributed by atoms with Gasteiger partial charge >= 0.3 is 0 Å². The van der Waals surface area contributed by atoms with Crippen molar-refractivity contribution in [1.82, 2.24) is 5.32 Å². The van der Waals surface area contributed by atoms with Crippen molar-refractivity contribution < 1.29 is 9.50 Å². The smallest absolute Gasteiger partial charge is 0.165 e. The van der Waals surface area contributed by atoms with Gasteiger partial charge in [0.2, 0.25) is 0 Å². The largest absolute Gasteiger partial charge is 0.505 e. The third kappa shape index (κ3) is 3.31. The van der Waals surface area contributed by atoms with Gasteiger partial charge in [-0.2, -0.15) is 0 Å². The van der Waals surface area contributed by atoms with Crippen LogP contribution in [-0.2, 0) is 13.1 Å². The Morgan fingerprint density at radius 1 is 1.11 bits per heavy atom. The van der Waals surface area contributed by atoms with Gasteiger partial charge in [0.1, 0.15) is 0 Å². The minimum atomic E-state index is -0.586. The van der Waals surface area contributed by atoms with Crippen molar-refractivity contribution in [2.45, 2.75) is 13.1 Å². The fourth-order valence-corrected chi connectivity index (χ4v) is 2.14. The fraction of sp³-hybridized carbons (Fsp3) is 0.143. The number of para-hydroxylation sites is 1. The van der Waals surface area contributed by atoms with Crippen molar-refractivity contribution in [3.05, 3.63) is 63.9 Å².